The van der Waals surface area contributed by atoms with Crippen molar-refractivity contribution in [1.29, 1.82) is 0 Å². The second-order valence-corrected chi connectivity index (χ2v) is 4.06. The molecule has 15 heavy (non-hydrogen) atoms. The molecule has 0 radical (unpaired) electrons. The van der Waals surface area contributed by atoms with E-state index in [1.165, 1.54) is 0 Å². The molecular formula is C11H20O4. The van der Waals surface area contributed by atoms with E-state index in [0.717, 1.165) is 0 Å². The second-order valence-electron chi connectivity index (χ2n) is 4.06. The molecule has 1 heterocycles. The maximum absolute atomic E-state index is 9.79. The summed E-state index contributed by atoms with van der Waals surface area (Å²) in [5, 5.41) is 18.8. The molecule has 0 bridgehead atoms. The lowest BCUT2D eigenvalue weighted by Crippen LogP contribution is -2.51. The van der Waals surface area contributed by atoms with Crippen molar-refractivity contribution in [2.75, 3.05) is 13.2 Å². The molecule has 0 aliphatic carbocycles. The highest BCUT2D eigenvalue weighted by atomic mass is 16.7. The minimum absolute atomic E-state index is 0.0470. The van der Waals surface area contributed by atoms with E-state index in [-0.39, 0.29) is 24.7 Å². The maximum Gasteiger partial charge on any atom is 0.161 e. The van der Waals surface area contributed by atoms with Gasteiger partial charge in [0.05, 0.1) is 19.3 Å². The lowest BCUT2D eigenvalue weighted by molar-refractivity contribution is -0.265. The lowest BCUT2D eigenvalue weighted by atomic mass is 9.85. The molecule has 5 atom stereocenters. The quantitative estimate of drug-likeness (QED) is 0.673. The summed E-state index contributed by atoms with van der Waals surface area (Å²) in [4.78, 5) is 0. The summed E-state index contributed by atoms with van der Waals surface area (Å²) >= 11 is 0. The Morgan fingerprint density at radius 3 is 2.60 bits per heavy atom. The van der Waals surface area contributed by atoms with Crippen molar-refractivity contribution in [3.05, 3.63) is 12.7 Å². The van der Waals surface area contributed by atoms with Crippen LogP contribution >= 0.6 is 0 Å². The zero-order chi connectivity index (χ0) is 11.4. The predicted molar refractivity (Wildman–Crippen MR) is 56.2 cm³/mol. The summed E-state index contributed by atoms with van der Waals surface area (Å²) < 4.78 is 10.9. The van der Waals surface area contributed by atoms with Gasteiger partial charge in [0.1, 0.15) is 6.10 Å². The molecule has 0 unspecified atom stereocenters. The third-order valence-corrected chi connectivity index (χ3v) is 3.05. The summed E-state index contributed by atoms with van der Waals surface area (Å²) in [6, 6.07) is 0. The lowest BCUT2D eigenvalue weighted by Gasteiger charge is -2.41. The van der Waals surface area contributed by atoms with Gasteiger partial charge < -0.3 is 19.7 Å². The van der Waals surface area contributed by atoms with Crippen LogP contribution in [0.4, 0.5) is 0 Å². The van der Waals surface area contributed by atoms with E-state index in [1.807, 2.05) is 13.8 Å². The molecule has 88 valence electrons. The Labute approximate surface area is 90.5 Å². The van der Waals surface area contributed by atoms with Crippen LogP contribution in [-0.2, 0) is 9.47 Å². The second kappa shape index (κ2) is 5.61. The summed E-state index contributed by atoms with van der Waals surface area (Å²) in [7, 11) is 0. The Bertz CT molecular complexity index is 205. The highest BCUT2D eigenvalue weighted by molar-refractivity contribution is 4.85. The highest BCUT2D eigenvalue weighted by Gasteiger charge is 2.40. The molecule has 1 rings (SSSR count). The molecule has 0 aromatic heterocycles. The van der Waals surface area contributed by atoms with E-state index < -0.39 is 12.2 Å². The van der Waals surface area contributed by atoms with Crippen LogP contribution in [-0.4, -0.2) is 41.9 Å². The molecule has 4 heteroatoms. The molecule has 4 nitrogen and oxygen atoms in total. The van der Waals surface area contributed by atoms with Crippen molar-refractivity contribution in [3.8, 4) is 0 Å². The third kappa shape index (κ3) is 2.78. The minimum atomic E-state index is -0.631. The Morgan fingerprint density at radius 2 is 2.07 bits per heavy atom. The fourth-order valence-electron chi connectivity index (χ4n) is 1.78. The third-order valence-electron chi connectivity index (χ3n) is 3.05. The van der Waals surface area contributed by atoms with E-state index >= 15 is 0 Å². The number of hydrogen-bond acceptors (Lipinski definition) is 4. The topological polar surface area (TPSA) is 58.9 Å². The fourth-order valence-corrected chi connectivity index (χ4v) is 1.78. The van der Waals surface area contributed by atoms with Crippen LogP contribution in [0.3, 0.4) is 0 Å². The van der Waals surface area contributed by atoms with Gasteiger partial charge in [-0.25, -0.2) is 0 Å². The first-order chi connectivity index (χ1) is 7.11. The smallest absolute Gasteiger partial charge is 0.161 e. The Hall–Kier alpha value is -0.420. The van der Waals surface area contributed by atoms with Gasteiger partial charge >= 0.3 is 0 Å². The standard InChI is InChI=1S/C11H20O4/c1-4-5-14-11-8(3)7(2)10(13)9(6-12)15-11/h4,7-13H,1,5-6H2,2-3H3/t7-,8-,9-,10+,11+/m1/s1. The Balaban J connectivity index is 2.60. The molecule has 1 fully saturated rings. The van der Waals surface area contributed by atoms with E-state index in [1.54, 1.807) is 6.08 Å². The van der Waals surface area contributed by atoms with Crippen LogP contribution in [0.25, 0.3) is 0 Å². The van der Waals surface area contributed by atoms with Crippen LogP contribution in [0.15, 0.2) is 12.7 Å². The maximum atomic E-state index is 9.79. The van der Waals surface area contributed by atoms with E-state index in [2.05, 4.69) is 6.58 Å². The molecule has 0 saturated carbocycles. The van der Waals surface area contributed by atoms with Crippen LogP contribution < -0.4 is 0 Å². The average molecular weight is 216 g/mol. The van der Waals surface area contributed by atoms with Crippen LogP contribution in [0.2, 0.25) is 0 Å². The summed E-state index contributed by atoms with van der Waals surface area (Å²) in [6.07, 6.45) is 0.0952. The van der Waals surface area contributed by atoms with Crippen molar-refractivity contribution in [3.63, 3.8) is 0 Å². The van der Waals surface area contributed by atoms with Crippen LogP contribution in [0.5, 0.6) is 0 Å². The Morgan fingerprint density at radius 1 is 1.40 bits per heavy atom. The molecule has 1 saturated heterocycles. The van der Waals surface area contributed by atoms with Gasteiger partial charge in [-0.2, -0.15) is 0 Å². The number of ether oxygens (including phenoxy) is 2. The summed E-state index contributed by atoms with van der Waals surface area (Å²) in [6.45, 7) is 7.69. The molecule has 2 N–H and O–H groups in total. The van der Waals surface area contributed by atoms with E-state index in [9.17, 15) is 5.11 Å². The molecule has 0 aromatic rings. The monoisotopic (exact) mass is 216 g/mol. The van der Waals surface area contributed by atoms with Gasteiger partial charge in [0.15, 0.2) is 6.29 Å². The van der Waals surface area contributed by atoms with Gasteiger partial charge in [-0.1, -0.05) is 19.9 Å². The zero-order valence-corrected chi connectivity index (χ0v) is 9.30. The number of rotatable bonds is 4. The van der Waals surface area contributed by atoms with Gasteiger partial charge in [0.25, 0.3) is 0 Å². The van der Waals surface area contributed by atoms with Crippen LogP contribution in [0, 0.1) is 11.8 Å². The molecular weight excluding hydrogens is 196 g/mol. The average Bonchev–Trinajstić information content (AvgIpc) is 2.25. The largest absolute Gasteiger partial charge is 0.394 e. The van der Waals surface area contributed by atoms with Gasteiger partial charge in [-0.15, -0.1) is 6.58 Å². The van der Waals surface area contributed by atoms with Gasteiger partial charge in [-0.05, 0) is 5.92 Å². The van der Waals surface area contributed by atoms with Crippen molar-refractivity contribution in [1.82, 2.24) is 0 Å². The van der Waals surface area contributed by atoms with Crippen molar-refractivity contribution in [2.45, 2.75) is 32.3 Å². The van der Waals surface area contributed by atoms with Gasteiger partial charge in [0.2, 0.25) is 0 Å². The van der Waals surface area contributed by atoms with Crippen LogP contribution in [0.1, 0.15) is 13.8 Å². The summed E-state index contributed by atoms with van der Waals surface area (Å²) in [5.74, 6) is 0.147. The highest BCUT2D eigenvalue weighted by Crippen LogP contribution is 2.31. The Kier molecular flexibility index (Phi) is 4.73. The first-order valence-electron chi connectivity index (χ1n) is 5.28. The van der Waals surface area contributed by atoms with Crippen molar-refractivity contribution >= 4 is 0 Å². The normalized spacial score (nSPS) is 41.5. The van der Waals surface area contributed by atoms with Crippen molar-refractivity contribution in [2.24, 2.45) is 11.8 Å². The van der Waals surface area contributed by atoms with Gasteiger partial charge in [-0.3, -0.25) is 0 Å². The van der Waals surface area contributed by atoms with Crippen molar-refractivity contribution < 1.29 is 19.7 Å². The zero-order valence-electron chi connectivity index (χ0n) is 9.30. The first-order valence-corrected chi connectivity index (χ1v) is 5.28. The number of hydrogen-bond donors (Lipinski definition) is 2. The van der Waals surface area contributed by atoms with E-state index in [0.29, 0.717) is 6.61 Å². The first kappa shape index (κ1) is 12.6. The predicted octanol–water partition coefficient (Wildman–Crippen LogP) is 0.539. The number of aliphatic hydroxyl groups excluding tert-OH is 2. The molecule has 0 aromatic carbocycles. The van der Waals surface area contributed by atoms with E-state index in [4.69, 9.17) is 14.6 Å². The molecule has 0 spiro atoms. The molecule has 1 aliphatic rings. The van der Waals surface area contributed by atoms with Gasteiger partial charge in [0, 0.05) is 5.92 Å². The number of aliphatic hydroxyl groups is 2. The molecule has 0 amide bonds. The minimum Gasteiger partial charge on any atom is -0.394 e. The summed E-state index contributed by atoms with van der Waals surface area (Å²) in [5.41, 5.74) is 0. The SMILES string of the molecule is C=CCO[C@H]1O[C@H](CO)[C@@H](O)[C@H](C)[C@H]1C. The fraction of sp³-hybridized carbons (Fsp3) is 0.818. The molecule has 1 aliphatic heterocycles.